The lowest BCUT2D eigenvalue weighted by Crippen LogP contribution is -2.39. The lowest BCUT2D eigenvalue weighted by molar-refractivity contribution is 0.0817. The van der Waals surface area contributed by atoms with Gasteiger partial charge < -0.3 is 18.9 Å². The normalized spacial score (nSPS) is 16.6. The summed E-state index contributed by atoms with van der Waals surface area (Å²) in [5.41, 5.74) is 0.939. The van der Waals surface area contributed by atoms with Gasteiger partial charge in [0.25, 0.3) is 0 Å². The van der Waals surface area contributed by atoms with E-state index >= 15 is 0 Å². The molecule has 2 heterocycles. The lowest BCUT2D eigenvalue weighted by atomic mass is 10.1. The summed E-state index contributed by atoms with van der Waals surface area (Å²) in [5, 5.41) is 6.60. The molecule has 0 aliphatic carbocycles. The maximum absolute atomic E-state index is 12.8. The Bertz CT molecular complexity index is 710. The number of benzene rings is 1. The van der Waals surface area contributed by atoms with Gasteiger partial charge in [0.2, 0.25) is 0 Å². The molecular weight excluding hydrogens is 322 g/mol. The zero-order valence-corrected chi connectivity index (χ0v) is 14.5. The van der Waals surface area contributed by atoms with Gasteiger partial charge in [-0.15, -0.1) is 0 Å². The first-order valence-electron chi connectivity index (χ1n) is 8.38. The van der Waals surface area contributed by atoms with Crippen molar-refractivity contribution in [2.24, 2.45) is 0 Å². The van der Waals surface area contributed by atoms with Gasteiger partial charge in [-0.1, -0.05) is 23.4 Å². The van der Waals surface area contributed by atoms with Crippen molar-refractivity contribution in [3.05, 3.63) is 41.7 Å². The fourth-order valence-corrected chi connectivity index (χ4v) is 2.91. The fourth-order valence-electron chi connectivity index (χ4n) is 2.91. The molecule has 1 atom stereocenters. The van der Waals surface area contributed by atoms with Gasteiger partial charge in [0.15, 0.2) is 5.82 Å². The minimum absolute atomic E-state index is 0.0551. The number of anilines is 1. The van der Waals surface area contributed by atoms with Crippen LogP contribution in [0.2, 0.25) is 0 Å². The number of ether oxygens (including phenoxy) is 2. The maximum Gasteiger partial charge on any atom is 0.323 e. The first-order chi connectivity index (χ1) is 12.2. The van der Waals surface area contributed by atoms with Crippen LogP contribution < -0.4 is 10.1 Å². The topological polar surface area (TPSA) is 76.8 Å². The first kappa shape index (κ1) is 17.3. The molecule has 7 heteroatoms. The number of carbonyl (C=O) groups excluding carboxylic acids is 1. The monoisotopic (exact) mass is 345 g/mol. The van der Waals surface area contributed by atoms with Crippen LogP contribution in [-0.4, -0.2) is 42.5 Å². The Hall–Kier alpha value is -2.54. The molecule has 0 unspecified atom stereocenters. The second-order valence-electron chi connectivity index (χ2n) is 6.08. The van der Waals surface area contributed by atoms with E-state index in [9.17, 15) is 4.79 Å². The molecular formula is C18H23N3O4. The Labute approximate surface area is 146 Å². The summed E-state index contributed by atoms with van der Waals surface area (Å²) in [6, 6.07) is 9.12. The number of hydrogen-bond donors (Lipinski definition) is 1. The molecule has 0 spiro atoms. The third-order valence-electron chi connectivity index (χ3n) is 4.15. The molecule has 1 N–H and O–H groups in total. The number of carbonyl (C=O) groups is 1. The Morgan fingerprint density at radius 3 is 2.96 bits per heavy atom. The molecule has 1 aromatic heterocycles. The molecule has 0 bridgehead atoms. The third kappa shape index (κ3) is 4.51. The van der Waals surface area contributed by atoms with Gasteiger partial charge in [-0.05, 0) is 25.8 Å². The summed E-state index contributed by atoms with van der Waals surface area (Å²) in [4.78, 5) is 14.5. The number of amides is 2. The molecule has 1 fully saturated rings. The van der Waals surface area contributed by atoms with E-state index in [0.717, 1.165) is 30.8 Å². The van der Waals surface area contributed by atoms with Crippen LogP contribution in [0.15, 0.2) is 34.9 Å². The molecule has 1 aliphatic rings. The molecule has 2 amide bonds. The highest BCUT2D eigenvalue weighted by Crippen LogP contribution is 2.22. The Balaban J connectivity index is 1.74. The van der Waals surface area contributed by atoms with Crippen LogP contribution in [0.3, 0.4) is 0 Å². The number of aromatic nitrogens is 1. The third-order valence-corrected chi connectivity index (χ3v) is 4.15. The maximum atomic E-state index is 12.8. The van der Waals surface area contributed by atoms with E-state index in [1.165, 1.54) is 0 Å². The predicted molar refractivity (Wildman–Crippen MR) is 92.6 cm³/mol. The molecule has 1 aromatic carbocycles. The standard InChI is InChI=1S/C18H23N3O4/c1-13-10-17(20-25-13)19-18(22)21(12-15-7-5-9-24-15)11-14-6-3-4-8-16(14)23-2/h3-4,6,8,10,15H,5,7,9,11-12H2,1-2H3,(H,19,20,22)/t15-/m0/s1. The minimum Gasteiger partial charge on any atom is -0.496 e. The van der Waals surface area contributed by atoms with Crippen LogP contribution in [0.1, 0.15) is 24.2 Å². The number of rotatable bonds is 6. The van der Waals surface area contributed by atoms with E-state index in [0.29, 0.717) is 24.7 Å². The minimum atomic E-state index is -0.241. The molecule has 1 aliphatic heterocycles. The van der Waals surface area contributed by atoms with Crippen LogP contribution in [-0.2, 0) is 11.3 Å². The van der Waals surface area contributed by atoms with Crippen molar-refractivity contribution >= 4 is 11.8 Å². The number of nitrogens with one attached hydrogen (secondary N) is 1. The second kappa shape index (κ2) is 8.02. The Morgan fingerprint density at radius 1 is 1.44 bits per heavy atom. The first-order valence-corrected chi connectivity index (χ1v) is 8.38. The number of hydrogen-bond acceptors (Lipinski definition) is 5. The van der Waals surface area contributed by atoms with Crippen LogP contribution in [0.25, 0.3) is 0 Å². The molecule has 25 heavy (non-hydrogen) atoms. The molecule has 3 rings (SSSR count). The van der Waals surface area contributed by atoms with E-state index in [1.54, 1.807) is 25.0 Å². The van der Waals surface area contributed by atoms with E-state index in [1.807, 2.05) is 24.3 Å². The summed E-state index contributed by atoms with van der Waals surface area (Å²) in [6.07, 6.45) is 2.04. The van der Waals surface area contributed by atoms with Gasteiger partial charge in [0.1, 0.15) is 11.5 Å². The van der Waals surface area contributed by atoms with Crippen molar-refractivity contribution in [2.45, 2.75) is 32.4 Å². The van der Waals surface area contributed by atoms with Crippen molar-refractivity contribution in [1.82, 2.24) is 10.1 Å². The highest BCUT2D eigenvalue weighted by atomic mass is 16.5. The summed E-state index contributed by atoms with van der Waals surface area (Å²) < 4.78 is 16.1. The van der Waals surface area contributed by atoms with Crippen LogP contribution >= 0.6 is 0 Å². The lowest BCUT2D eigenvalue weighted by Gasteiger charge is -2.26. The van der Waals surface area contributed by atoms with E-state index in [2.05, 4.69) is 10.5 Å². The average Bonchev–Trinajstić information content (AvgIpc) is 3.26. The van der Waals surface area contributed by atoms with Crippen molar-refractivity contribution in [2.75, 3.05) is 25.6 Å². The SMILES string of the molecule is COc1ccccc1CN(C[C@@H]1CCCO1)C(=O)Nc1cc(C)on1. The zero-order valence-electron chi connectivity index (χ0n) is 14.5. The molecule has 0 radical (unpaired) electrons. The van der Waals surface area contributed by atoms with Gasteiger partial charge in [0.05, 0.1) is 19.8 Å². The summed E-state index contributed by atoms with van der Waals surface area (Å²) in [6.45, 7) is 3.46. The smallest absolute Gasteiger partial charge is 0.323 e. The molecule has 0 saturated carbocycles. The average molecular weight is 345 g/mol. The quantitative estimate of drug-likeness (QED) is 0.870. The van der Waals surface area contributed by atoms with Crippen molar-refractivity contribution in [1.29, 1.82) is 0 Å². The van der Waals surface area contributed by atoms with Crippen molar-refractivity contribution in [3.8, 4) is 5.75 Å². The fraction of sp³-hybridized carbons (Fsp3) is 0.444. The summed E-state index contributed by atoms with van der Waals surface area (Å²) in [5.74, 6) is 1.80. The largest absolute Gasteiger partial charge is 0.496 e. The molecule has 7 nitrogen and oxygen atoms in total. The molecule has 2 aromatic rings. The van der Waals surface area contributed by atoms with Gasteiger partial charge in [-0.25, -0.2) is 4.79 Å². The molecule has 1 saturated heterocycles. The Kier molecular flexibility index (Phi) is 5.55. The summed E-state index contributed by atoms with van der Waals surface area (Å²) >= 11 is 0. The van der Waals surface area contributed by atoms with Gasteiger partial charge in [-0.2, -0.15) is 0 Å². The highest BCUT2D eigenvalue weighted by molar-refractivity contribution is 5.88. The van der Waals surface area contributed by atoms with Crippen LogP contribution in [0.5, 0.6) is 5.75 Å². The number of nitrogens with zero attached hydrogens (tertiary/aromatic N) is 2. The van der Waals surface area contributed by atoms with E-state index < -0.39 is 0 Å². The zero-order chi connectivity index (χ0) is 17.6. The Morgan fingerprint density at radius 2 is 2.28 bits per heavy atom. The van der Waals surface area contributed by atoms with Crippen LogP contribution in [0, 0.1) is 6.92 Å². The van der Waals surface area contributed by atoms with Gasteiger partial charge >= 0.3 is 6.03 Å². The number of urea groups is 1. The summed E-state index contributed by atoms with van der Waals surface area (Å²) in [7, 11) is 1.63. The number of aryl methyl sites for hydroxylation is 1. The molecule has 134 valence electrons. The van der Waals surface area contributed by atoms with Crippen molar-refractivity contribution in [3.63, 3.8) is 0 Å². The number of para-hydroxylation sites is 1. The number of methoxy groups -OCH3 is 1. The van der Waals surface area contributed by atoms with Gasteiger partial charge in [-0.3, -0.25) is 5.32 Å². The van der Waals surface area contributed by atoms with E-state index in [4.69, 9.17) is 14.0 Å². The second-order valence-corrected chi connectivity index (χ2v) is 6.08. The predicted octanol–water partition coefficient (Wildman–Crippen LogP) is 3.20. The highest BCUT2D eigenvalue weighted by Gasteiger charge is 2.24. The van der Waals surface area contributed by atoms with Crippen LogP contribution in [0.4, 0.5) is 10.6 Å². The van der Waals surface area contributed by atoms with Gasteiger partial charge in [0, 0.05) is 24.8 Å². The van der Waals surface area contributed by atoms with E-state index in [-0.39, 0.29) is 12.1 Å². The van der Waals surface area contributed by atoms with Crippen molar-refractivity contribution < 1.29 is 18.8 Å².